The number of imidazole rings is 2. The van der Waals surface area contributed by atoms with Crippen molar-refractivity contribution < 1.29 is 33.2 Å². The van der Waals surface area contributed by atoms with Gasteiger partial charge in [0.2, 0.25) is 0 Å². The van der Waals surface area contributed by atoms with Gasteiger partial charge in [-0.25, -0.2) is 0 Å². The van der Waals surface area contributed by atoms with Crippen molar-refractivity contribution in [2.45, 2.75) is 85.9 Å². The molecule has 0 atom stereocenters. The molecule has 3 heterocycles. The van der Waals surface area contributed by atoms with E-state index in [-0.39, 0.29) is 31.9 Å². The van der Waals surface area contributed by atoms with Crippen LogP contribution in [0.4, 0.5) is 0 Å². The second-order valence-electron chi connectivity index (χ2n) is 21.3. The first-order chi connectivity index (χ1) is 38.1. The van der Waals surface area contributed by atoms with Crippen LogP contribution < -0.4 is 9.55 Å². The van der Waals surface area contributed by atoms with Crippen molar-refractivity contribution in [3.05, 3.63) is 228 Å². The standard InChI is InChI=1S/C46H37N2O.C25H25N2.Ir/c1-27(2)36-24-33(30-12-7-6-8-13-30)25-37(28(3)4)44(36)48-42-17-10-9-16-41(42)47-46(48)35-15-11-14-34-40-23-32-21-20-31-19-18-29(5)22-38(31)39(32)26-43(40)49-45(34)35;1-17(2)20-13-10-14-21(18(3)4)24(20)27-23-16-9-8-15-22(23)26-25(27)19-11-6-5-7-12-19;/h6-14,16-28H,1-5H3;5-11,13-18H,1-4H3;/q2*-1;+3/i5D3;;. The van der Waals surface area contributed by atoms with Gasteiger partial charge in [0.25, 0.3) is 0 Å². The Balaban J connectivity index is 0.000000203. The predicted molar refractivity (Wildman–Crippen MR) is 317 cm³/mol. The summed E-state index contributed by atoms with van der Waals surface area (Å²) in [6, 6.07) is 71.5. The molecule has 380 valence electrons. The number of hydrogen-bond donors (Lipinski definition) is 0. The molecule has 0 N–H and O–H groups in total. The van der Waals surface area contributed by atoms with Crippen LogP contribution in [-0.4, -0.2) is 9.55 Å². The van der Waals surface area contributed by atoms with Gasteiger partial charge in [-0.05, 0) is 134 Å². The maximum atomic E-state index is 8.01. The maximum Gasteiger partial charge on any atom is 3.00 e. The molecule has 0 amide bonds. The molecule has 0 bridgehead atoms. The number of aryl methyl sites for hydroxylation is 1. The molecule has 0 saturated carbocycles. The van der Waals surface area contributed by atoms with E-state index >= 15 is 0 Å². The third-order valence-electron chi connectivity index (χ3n) is 15.0. The Kier molecular flexibility index (Phi) is 12.9. The van der Waals surface area contributed by atoms with Gasteiger partial charge in [-0.3, -0.25) is 9.97 Å². The molecule has 10 aromatic carbocycles. The molecule has 5 nitrogen and oxygen atoms in total. The van der Waals surface area contributed by atoms with Crippen LogP contribution in [-0.2, 0) is 20.1 Å². The molecule has 77 heavy (non-hydrogen) atoms. The normalized spacial score (nSPS) is 12.5. The van der Waals surface area contributed by atoms with Crippen LogP contribution in [0, 0.1) is 19.0 Å². The third kappa shape index (κ3) is 9.18. The van der Waals surface area contributed by atoms with Crippen LogP contribution in [0.3, 0.4) is 0 Å². The summed E-state index contributed by atoms with van der Waals surface area (Å²) in [6.07, 6.45) is 0. The number of rotatable bonds is 9. The van der Waals surface area contributed by atoms with Gasteiger partial charge in [-0.1, -0.05) is 175 Å². The molecule has 13 aromatic rings. The summed E-state index contributed by atoms with van der Waals surface area (Å²) in [5.41, 5.74) is 17.7. The molecule has 0 fully saturated rings. The van der Waals surface area contributed by atoms with E-state index in [9.17, 15) is 0 Å². The van der Waals surface area contributed by atoms with Gasteiger partial charge in [0.15, 0.2) is 0 Å². The van der Waals surface area contributed by atoms with Gasteiger partial charge in [0.1, 0.15) is 5.58 Å². The molecule has 6 heteroatoms. The van der Waals surface area contributed by atoms with Crippen LogP contribution in [0.25, 0.3) is 111 Å². The monoisotopic (exact) mass is 1180 g/mol. The Hall–Kier alpha value is -7.89. The summed E-state index contributed by atoms with van der Waals surface area (Å²) < 4.78 is 35.5. The number of nitrogens with zero attached hydrogens (tertiary/aromatic N) is 4. The van der Waals surface area contributed by atoms with Gasteiger partial charge in [0.05, 0.1) is 39.3 Å². The Bertz CT molecular complexity index is 4380. The first-order valence-electron chi connectivity index (χ1n) is 28.2. The SMILES string of the molecule is CC(C)c1cccc(C(C)C)c1-n1c(-c2[c-]cccc2)nc2ccccc21.[2H]C([2H])([2H])c1ccc2ccc3cc4c(cc3c2c1)oc1c(-c2[n-]c3ccccc3[n+]2-c2c(C(C)C)cc(-c3ccccc3)cc2C(C)C)[c-]ccc14.[Ir+3]. The molecular weight excluding hydrogens is 1120 g/mol. The van der Waals surface area contributed by atoms with E-state index in [2.05, 4.69) is 216 Å². The molecule has 13 rings (SSSR count). The maximum absolute atomic E-state index is 8.01. The van der Waals surface area contributed by atoms with Gasteiger partial charge in [0, 0.05) is 20.9 Å². The van der Waals surface area contributed by atoms with E-state index in [0.717, 1.165) is 94.0 Å². The minimum absolute atomic E-state index is 0. The molecule has 0 aliphatic heterocycles. The zero-order valence-electron chi connectivity index (χ0n) is 47.7. The van der Waals surface area contributed by atoms with Crippen molar-refractivity contribution in [1.82, 2.24) is 14.5 Å². The van der Waals surface area contributed by atoms with Crippen molar-refractivity contribution in [2.24, 2.45) is 0 Å². The Morgan fingerprint density at radius 2 is 1.22 bits per heavy atom. The van der Waals surface area contributed by atoms with Gasteiger partial charge < -0.3 is 13.6 Å². The third-order valence-corrected chi connectivity index (χ3v) is 15.0. The van der Waals surface area contributed by atoms with Crippen molar-refractivity contribution in [3.63, 3.8) is 0 Å². The average molecular weight is 1180 g/mol. The molecule has 0 aliphatic rings. The minimum atomic E-state index is -2.19. The summed E-state index contributed by atoms with van der Waals surface area (Å²) in [4.78, 5) is 10.3. The number of fused-ring (bicyclic) bond motifs is 8. The fraction of sp³-hybridized carbons (Fsp3) is 0.183. The van der Waals surface area contributed by atoms with Crippen molar-refractivity contribution in [1.29, 1.82) is 0 Å². The Labute approximate surface area is 469 Å². The quantitative estimate of drug-likeness (QED) is 0.0822. The predicted octanol–water partition coefficient (Wildman–Crippen LogP) is 18.7. The van der Waals surface area contributed by atoms with E-state index in [1.54, 1.807) is 12.1 Å². The molecule has 0 unspecified atom stereocenters. The summed E-state index contributed by atoms with van der Waals surface area (Å²) in [6.45, 7) is 15.9. The van der Waals surface area contributed by atoms with E-state index in [1.165, 1.54) is 39.1 Å². The van der Waals surface area contributed by atoms with Crippen LogP contribution in [0.5, 0.6) is 0 Å². The van der Waals surface area contributed by atoms with Gasteiger partial charge >= 0.3 is 20.1 Å². The molecule has 0 saturated heterocycles. The summed E-state index contributed by atoms with van der Waals surface area (Å²) in [7, 11) is 0. The van der Waals surface area contributed by atoms with Crippen molar-refractivity contribution in [3.8, 4) is 45.3 Å². The molecule has 0 spiro atoms. The fourth-order valence-electron chi connectivity index (χ4n) is 11.2. The second-order valence-corrected chi connectivity index (χ2v) is 21.3. The number of furan rings is 1. The van der Waals surface area contributed by atoms with Gasteiger partial charge in [-0.2, -0.15) is 0 Å². The molecule has 3 aromatic heterocycles. The van der Waals surface area contributed by atoms with Crippen molar-refractivity contribution in [2.75, 3.05) is 0 Å². The summed E-state index contributed by atoms with van der Waals surface area (Å²) in [5, 5.41) is 5.82. The Morgan fingerprint density at radius 1 is 0.558 bits per heavy atom. The molecule has 0 aliphatic carbocycles. The molecular formula is C71H62IrN4O+. The fourth-order valence-corrected chi connectivity index (χ4v) is 11.2. The zero-order chi connectivity index (χ0) is 54.9. The van der Waals surface area contributed by atoms with Crippen molar-refractivity contribution >= 4 is 65.6 Å². The van der Waals surface area contributed by atoms with Crippen LogP contribution in [0.2, 0.25) is 0 Å². The second kappa shape index (κ2) is 20.9. The van der Waals surface area contributed by atoms with Gasteiger partial charge in [-0.15, -0.1) is 54.1 Å². The minimum Gasteiger partial charge on any atom is -0.501 e. The summed E-state index contributed by atoms with van der Waals surface area (Å²) >= 11 is 0. The van der Waals surface area contributed by atoms with E-state index in [0.29, 0.717) is 17.4 Å². The number of benzene rings is 10. The van der Waals surface area contributed by atoms with E-state index < -0.39 is 6.85 Å². The number of para-hydroxylation sites is 5. The first-order valence-corrected chi connectivity index (χ1v) is 26.7. The van der Waals surface area contributed by atoms with E-state index in [4.69, 9.17) is 18.5 Å². The topological polar surface area (TPSA) is 48.9 Å². The molecule has 0 radical (unpaired) electrons. The number of hydrogen-bond acceptors (Lipinski definition) is 2. The largest absolute Gasteiger partial charge is 3.00 e. The first kappa shape index (κ1) is 47.6. The van der Waals surface area contributed by atoms with E-state index in [1.807, 2.05) is 36.4 Å². The number of aromatic nitrogens is 4. The Morgan fingerprint density at radius 3 is 1.94 bits per heavy atom. The average Bonchev–Trinajstić information content (AvgIpc) is 4.22. The zero-order valence-corrected chi connectivity index (χ0v) is 47.1. The van der Waals surface area contributed by atoms with Crippen LogP contribution >= 0.6 is 0 Å². The van der Waals surface area contributed by atoms with Crippen LogP contribution in [0.15, 0.2) is 192 Å². The van der Waals surface area contributed by atoms with Crippen LogP contribution in [0.1, 0.15) is 111 Å². The summed E-state index contributed by atoms with van der Waals surface area (Å²) in [5.74, 6) is 3.06. The smallest absolute Gasteiger partial charge is 0.501 e.